The molecule has 1 aliphatic rings. The lowest BCUT2D eigenvalue weighted by molar-refractivity contribution is 0.321. The lowest BCUT2D eigenvalue weighted by Crippen LogP contribution is -2.37. The molecule has 2 unspecified atom stereocenters. The molecule has 2 atom stereocenters. The summed E-state index contributed by atoms with van der Waals surface area (Å²) in [6, 6.07) is 9.08. The second-order valence-corrected chi connectivity index (χ2v) is 4.80. The van der Waals surface area contributed by atoms with Gasteiger partial charge in [0.15, 0.2) is 0 Å². The molecule has 0 aromatic heterocycles. The van der Waals surface area contributed by atoms with Crippen molar-refractivity contribution < 1.29 is 4.74 Å². The van der Waals surface area contributed by atoms with E-state index < -0.39 is 0 Å². The Morgan fingerprint density at radius 3 is 2.76 bits per heavy atom. The first-order chi connectivity index (χ1) is 8.36. The van der Waals surface area contributed by atoms with Crippen LogP contribution in [0.1, 0.15) is 44.1 Å². The summed E-state index contributed by atoms with van der Waals surface area (Å²) in [5.74, 6) is 1.65. The fourth-order valence-corrected chi connectivity index (χ4v) is 2.98. The third-order valence-corrected chi connectivity index (χ3v) is 3.77. The van der Waals surface area contributed by atoms with Crippen molar-refractivity contribution in [1.82, 2.24) is 5.32 Å². The van der Waals surface area contributed by atoms with Gasteiger partial charge in [0, 0.05) is 12.0 Å². The van der Waals surface area contributed by atoms with E-state index in [-0.39, 0.29) is 0 Å². The third-order valence-electron chi connectivity index (χ3n) is 3.77. The smallest absolute Gasteiger partial charge is 0.122 e. The number of hydrogen-bond acceptors (Lipinski definition) is 2. The van der Waals surface area contributed by atoms with Gasteiger partial charge in [-0.1, -0.05) is 38.0 Å². The molecule has 1 aromatic carbocycles. The number of benzene rings is 1. The van der Waals surface area contributed by atoms with Crippen molar-refractivity contribution in [1.29, 1.82) is 0 Å². The predicted molar refractivity (Wildman–Crippen MR) is 71.7 cm³/mol. The van der Waals surface area contributed by atoms with Crippen LogP contribution in [0.5, 0.6) is 5.75 Å². The maximum Gasteiger partial charge on any atom is 0.122 e. The van der Waals surface area contributed by atoms with Crippen molar-refractivity contribution in [2.24, 2.45) is 0 Å². The number of ether oxygens (including phenoxy) is 1. The summed E-state index contributed by atoms with van der Waals surface area (Å²) >= 11 is 0. The van der Waals surface area contributed by atoms with Gasteiger partial charge in [0.05, 0.1) is 7.11 Å². The zero-order valence-corrected chi connectivity index (χ0v) is 10.9. The fraction of sp³-hybridized carbons (Fsp3) is 0.600. The molecule has 1 saturated carbocycles. The minimum Gasteiger partial charge on any atom is -0.496 e. The summed E-state index contributed by atoms with van der Waals surface area (Å²) in [7, 11) is 1.77. The summed E-state index contributed by atoms with van der Waals surface area (Å²) < 4.78 is 5.50. The van der Waals surface area contributed by atoms with Crippen LogP contribution in [0, 0.1) is 0 Å². The highest BCUT2D eigenvalue weighted by Crippen LogP contribution is 2.37. The summed E-state index contributed by atoms with van der Waals surface area (Å²) in [6.45, 7) is 3.24. The van der Waals surface area contributed by atoms with Crippen molar-refractivity contribution >= 4 is 0 Å². The Balaban J connectivity index is 2.22. The maximum atomic E-state index is 5.50. The zero-order chi connectivity index (χ0) is 12.1. The highest BCUT2D eigenvalue weighted by molar-refractivity contribution is 5.37. The number of methoxy groups -OCH3 is 1. The van der Waals surface area contributed by atoms with Crippen LogP contribution in [-0.2, 0) is 0 Å². The van der Waals surface area contributed by atoms with Gasteiger partial charge < -0.3 is 10.1 Å². The van der Waals surface area contributed by atoms with Crippen LogP contribution in [0.3, 0.4) is 0 Å². The third kappa shape index (κ3) is 2.81. The van der Waals surface area contributed by atoms with Gasteiger partial charge in [-0.25, -0.2) is 0 Å². The Morgan fingerprint density at radius 1 is 1.24 bits per heavy atom. The standard InChI is InChI=1S/C15H23NO/c1-3-16-14-10-6-4-8-12(14)13-9-5-7-11-15(13)17-2/h5,7,9,11-12,14,16H,3-4,6,8,10H2,1-2H3. The van der Waals surface area contributed by atoms with Gasteiger partial charge in [0.25, 0.3) is 0 Å². The SMILES string of the molecule is CCNC1CCCCC1c1ccccc1OC. The average molecular weight is 233 g/mol. The molecule has 2 heteroatoms. The predicted octanol–water partition coefficient (Wildman–Crippen LogP) is 3.33. The van der Waals surface area contributed by atoms with Crippen LogP contribution in [0.25, 0.3) is 0 Å². The Hall–Kier alpha value is -1.02. The molecule has 0 radical (unpaired) electrons. The largest absolute Gasteiger partial charge is 0.496 e. The summed E-state index contributed by atoms with van der Waals surface area (Å²) in [6.07, 6.45) is 5.25. The quantitative estimate of drug-likeness (QED) is 0.861. The minimum atomic E-state index is 0.611. The van der Waals surface area contributed by atoms with Crippen LogP contribution in [0.2, 0.25) is 0 Å². The molecule has 94 valence electrons. The average Bonchev–Trinajstić information content (AvgIpc) is 2.40. The lowest BCUT2D eigenvalue weighted by atomic mass is 9.79. The second kappa shape index (κ2) is 6.06. The highest BCUT2D eigenvalue weighted by Gasteiger charge is 2.27. The summed E-state index contributed by atoms with van der Waals surface area (Å²) in [4.78, 5) is 0. The fourth-order valence-electron chi connectivity index (χ4n) is 2.98. The Bertz CT molecular complexity index is 349. The van der Waals surface area contributed by atoms with Gasteiger partial charge in [-0.05, 0) is 31.0 Å². The molecule has 1 fully saturated rings. The molecule has 0 bridgehead atoms. The number of nitrogens with one attached hydrogen (secondary N) is 1. The normalized spacial score (nSPS) is 24.6. The van der Waals surface area contributed by atoms with Gasteiger partial charge in [0.2, 0.25) is 0 Å². The number of para-hydroxylation sites is 1. The van der Waals surface area contributed by atoms with Crippen molar-refractivity contribution in [3.8, 4) is 5.75 Å². The van der Waals surface area contributed by atoms with Crippen LogP contribution in [0.4, 0.5) is 0 Å². The number of hydrogen-bond donors (Lipinski definition) is 1. The van der Waals surface area contributed by atoms with Crippen LogP contribution >= 0.6 is 0 Å². The van der Waals surface area contributed by atoms with Crippen molar-refractivity contribution in [3.63, 3.8) is 0 Å². The van der Waals surface area contributed by atoms with E-state index in [9.17, 15) is 0 Å². The van der Waals surface area contributed by atoms with Crippen LogP contribution in [-0.4, -0.2) is 19.7 Å². The van der Waals surface area contributed by atoms with E-state index in [0.29, 0.717) is 12.0 Å². The second-order valence-electron chi connectivity index (χ2n) is 4.80. The molecule has 0 amide bonds. The number of rotatable bonds is 4. The molecule has 1 N–H and O–H groups in total. The van der Waals surface area contributed by atoms with Crippen molar-refractivity contribution in [2.45, 2.75) is 44.6 Å². The Morgan fingerprint density at radius 2 is 2.00 bits per heavy atom. The monoisotopic (exact) mass is 233 g/mol. The van der Waals surface area contributed by atoms with Gasteiger partial charge in [-0.2, -0.15) is 0 Å². The molecule has 0 aliphatic heterocycles. The molecule has 0 heterocycles. The Labute approximate surface area is 104 Å². The van der Waals surface area contributed by atoms with E-state index in [1.807, 2.05) is 6.07 Å². The summed E-state index contributed by atoms with van der Waals surface area (Å²) in [5, 5.41) is 3.63. The Kier molecular flexibility index (Phi) is 4.43. The first-order valence-corrected chi connectivity index (χ1v) is 6.73. The van der Waals surface area contributed by atoms with E-state index in [4.69, 9.17) is 4.74 Å². The van der Waals surface area contributed by atoms with Crippen LogP contribution in [0.15, 0.2) is 24.3 Å². The zero-order valence-electron chi connectivity index (χ0n) is 10.9. The topological polar surface area (TPSA) is 21.3 Å². The van der Waals surface area contributed by atoms with Gasteiger partial charge in [0.1, 0.15) is 5.75 Å². The molecule has 1 aliphatic carbocycles. The van der Waals surface area contributed by atoms with Crippen molar-refractivity contribution in [2.75, 3.05) is 13.7 Å². The molecule has 0 spiro atoms. The van der Waals surface area contributed by atoms with Crippen LogP contribution < -0.4 is 10.1 Å². The van der Waals surface area contributed by atoms with E-state index >= 15 is 0 Å². The molecular formula is C15H23NO. The van der Waals surface area contributed by atoms with Gasteiger partial charge in [-0.3, -0.25) is 0 Å². The van der Waals surface area contributed by atoms with Gasteiger partial charge >= 0.3 is 0 Å². The van der Waals surface area contributed by atoms with E-state index in [2.05, 4.69) is 30.4 Å². The van der Waals surface area contributed by atoms with E-state index in [1.54, 1.807) is 7.11 Å². The summed E-state index contributed by atoms with van der Waals surface area (Å²) in [5.41, 5.74) is 1.38. The lowest BCUT2D eigenvalue weighted by Gasteiger charge is -2.33. The van der Waals surface area contributed by atoms with E-state index in [1.165, 1.54) is 31.2 Å². The molecule has 0 saturated heterocycles. The minimum absolute atomic E-state index is 0.611. The van der Waals surface area contributed by atoms with E-state index in [0.717, 1.165) is 12.3 Å². The first-order valence-electron chi connectivity index (χ1n) is 6.73. The molecule has 2 rings (SSSR count). The molecule has 2 nitrogen and oxygen atoms in total. The molecule has 1 aromatic rings. The molecule has 17 heavy (non-hydrogen) atoms. The van der Waals surface area contributed by atoms with Crippen molar-refractivity contribution in [3.05, 3.63) is 29.8 Å². The van der Waals surface area contributed by atoms with Gasteiger partial charge in [-0.15, -0.1) is 0 Å². The number of likely N-dealkylation sites (N-methyl/N-ethyl adjacent to an activating group) is 1. The maximum absolute atomic E-state index is 5.50. The first kappa shape index (κ1) is 12.4. The highest BCUT2D eigenvalue weighted by atomic mass is 16.5. The molecular weight excluding hydrogens is 210 g/mol.